The molecule has 2 aromatic carbocycles. The molecule has 88 valence electrons. The summed E-state index contributed by atoms with van der Waals surface area (Å²) in [5.41, 5.74) is 6.80. The van der Waals surface area contributed by atoms with Crippen LogP contribution in [0.4, 0.5) is 10.1 Å². The van der Waals surface area contributed by atoms with Crippen molar-refractivity contribution >= 4 is 17.3 Å². The number of hydrogen-bond acceptors (Lipinski definition) is 2. The predicted molar refractivity (Wildman–Crippen MR) is 66.3 cm³/mol. The lowest BCUT2D eigenvalue weighted by Gasteiger charge is -2.14. The molecule has 17 heavy (non-hydrogen) atoms. The van der Waals surface area contributed by atoms with Crippen molar-refractivity contribution in [1.82, 2.24) is 0 Å². The fourth-order valence-corrected chi connectivity index (χ4v) is 1.81. The lowest BCUT2D eigenvalue weighted by molar-refractivity contribution is 0.215. The molecule has 4 heteroatoms. The first-order valence-electron chi connectivity index (χ1n) is 5.07. The molecule has 1 unspecified atom stereocenters. The zero-order chi connectivity index (χ0) is 12.4. The molecule has 0 amide bonds. The standard InChI is InChI=1S/C13H11ClFNO/c14-8-5-6-9(11(15)7-8)13(17)10-3-1-2-4-12(10)16/h1-7,13,17H,16H2. The summed E-state index contributed by atoms with van der Waals surface area (Å²) in [5, 5.41) is 10.4. The Balaban J connectivity index is 2.44. The Kier molecular flexibility index (Phi) is 3.31. The summed E-state index contributed by atoms with van der Waals surface area (Å²) in [4.78, 5) is 0. The summed E-state index contributed by atoms with van der Waals surface area (Å²) in [6.07, 6.45) is -1.09. The van der Waals surface area contributed by atoms with Crippen LogP contribution in [-0.2, 0) is 0 Å². The van der Waals surface area contributed by atoms with E-state index in [4.69, 9.17) is 17.3 Å². The van der Waals surface area contributed by atoms with Gasteiger partial charge in [0.1, 0.15) is 11.9 Å². The monoisotopic (exact) mass is 251 g/mol. The number of halogens is 2. The van der Waals surface area contributed by atoms with E-state index in [0.29, 0.717) is 16.3 Å². The number of nitrogen functional groups attached to an aromatic ring is 1. The quantitative estimate of drug-likeness (QED) is 0.806. The largest absolute Gasteiger partial charge is 0.398 e. The molecule has 2 nitrogen and oxygen atoms in total. The van der Waals surface area contributed by atoms with Gasteiger partial charge in [-0.25, -0.2) is 4.39 Å². The van der Waals surface area contributed by atoms with E-state index in [9.17, 15) is 9.50 Å². The summed E-state index contributed by atoms with van der Waals surface area (Å²) < 4.78 is 13.6. The molecule has 0 saturated carbocycles. The Morgan fingerprint density at radius 2 is 1.82 bits per heavy atom. The van der Waals surface area contributed by atoms with Crippen molar-refractivity contribution in [2.45, 2.75) is 6.10 Å². The van der Waals surface area contributed by atoms with E-state index in [0.717, 1.165) is 0 Å². The maximum Gasteiger partial charge on any atom is 0.130 e. The Labute approximate surface area is 103 Å². The third-order valence-electron chi connectivity index (χ3n) is 2.55. The highest BCUT2D eigenvalue weighted by molar-refractivity contribution is 6.30. The van der Waals surface area contributed by atoms with E-state index in [1.807, 2.05) is 0 Å². The van der Waals surface area contributed by atoms with E-state index in [1.165, 1.54) is 18.2 Å². The minimum atomic E-state index is -1.09. The zero-order valence-electron chi connectivity index (χ0n) is 8.90. The van der Waals surface area contributed by atoms with Gasteiger partial charge in [0.25, 0.3) is 0 Å². The first-order chi connectivity index (χ1) is 8.09. The maximum absolute atomic E-state index is 13.6. The highest BCUT2D eigenvalue weighted by atomic mass is 35.5. The van der Waals surface area contributed by atoms with E-state index >= 15 is 0 Å². The van der Waals surface area contributed by atoms with Crippen molar-refractivity contribution in [2.24, 2.45) is 0 Å². The van der Waals surface area contributed by atoms with E-state index in [2.05, 4.69) is 0 Å². The van der Waals surface area contributed by atoms with Gasteiger partial charge in [-0.15, -0.1) is 0 Å². The van der Waals surface area contributed by atoms with Crippen LogP contribution in [0.5, 0.6) is 0 Å². The van der Waals surface area contributed by atoms with Crippen LogP contribution in [0.25, 0.3) is 0 Å². The van der Waals surface area contributed by atoms with Gasteiger partial charge >= 0.3 is 0 Å². The number of aliphatic hydroxyl groups is 1. The number of nitrogens with two attached hydrogens (primary N) is 1. The molecule has 0 aromatic heterocycles. The summed E-state index contributed by atoms with van der Waals surface area (Å²) >= 11 is 5.65. The van der Waals surface area contributed by atoms with Crippen LogP contribution in [0.2, 0.25) is 5.02 Å². The van der Waals surface area contributed by atoms with E-state index < -0.39 is 11.9 Å². The average molecular weight is 252 g/mol. The average Bonchev–Trinajstić information content (AvgIpc) is 2.29. The Morgan fingerprint density at radius 3 is 2.47 bits per heavy atom. The second-order valence-corrected chi connectivity index (χ2v) is 4.13. The molecule has 0 heterocycles. The third-order valence-corrected chi connectivity index (χ3v) is 2.78. The normalized spacial score (nSPS) is 12.4. The molecule has 3 N–H and O–H groups in total. The van der Waals surface area contributed by atoms with Gasteiger partial charge in [0.2, 0.25) is 0 Å². The molecule has 2 aromatic rings. The Bertz CT molecular complexity index is 545. The minimum Gasteiger partial charge on any atom is -0.398 e. The zero-order valence-corrected chi connectivity index (χ0v) is 9.66. The summed E-state index contributed by atoms with van der Waals surface area (Å²) in [6, 6.07) is 11.0. The number of anilines is 1. The van der Waals surface area contributed by atoms with Gasteiger partial charge in [0.05, 0.1) is 0 Å². The smallest absolute Gasteiger partial charge is 0.130 e. The maximum atomic E-state index is 13.6. The van der Waals surface area contributed by atoms with Gasteiger partial charge in [-0.1, -0.05) is 35.9 Å². The predicted octanol–water partition coefficient (Wildman–Crippen LogP) is 3.14. The number of benzene rings is 2. The third kappa shape index (κ3) is 2.40. The molecule has 0 spiro atoms. The molecule has 0 fully saturated rings. The number of hydrogen-bond donors (Lipinski definition) is 2. The van der Waals surface area contributed by atoms with Gasteiger partial charge in [0.15, 0.2) is 0 Å². The molecular weight excluding hydrogens is 241 g/mol. The van der Waals surface area contributed by atoms with Crippen LogP contribution in [0.3, 0.4) is 0 Å². The SMILES string of the molecule is Nc1ccccc1C(O)c1ccc(Cl)cc1F. The molecule has 0 radical (unpaired) electrons. The lowest BCUT2D eigenvalue weighted by Crippen LogP contribution is -2.05. The minimum absolute atomic E-state index is 0.160. The molecule has 0 aliphatic rings. The topological polar surface area (TPSA) is 46.2 Å². The fraction of sp³-hybridized carbons (Fsp3) is 0.0769. The Hall–Kier alpha value is -1.58. The van der Waals surface area contributed by atoms with E-state index in [-0.39, 0.29) is 5.56 Å². The summed E-state index contributed by atoms with van der Waals surface area (Å²) in [7, 11) is 0. The van der Waals surface area contributed by atoms with Gasteiger partial charge in [-0.3, -0.25) is 0 Å². The molecule has 2 rings (SSSR count). The first-order valence-corrected chi connectivity index (χ1v) is 5.45. The van der Waals surface area contributed by atoms with Crippen LogP contribution in [0.15, 0.2) is 42.5 Å². The van der Waals surface area contributed by atoms with Crippen LogP contribution in [0, 0.1) is 5.82 Å². The van der Waals surface area contributed by atoms with Crippen molar-refractivity contribution in [1.29, 1.82) is 0 Å². The van der Waals surface area contributed by atoms with Crippen molar-refractivity contribution < 1.29 is 9.50 Å². The van der Waals surface area contributed by atoms with Gasteiger partial charge in [0, 0.05) is 21.8 Å². The highest BCUT2D eigenvalue weighted by Gasteiger charge is 2.16. The first kappa shape index (κ1) is 11.9. The number of aliphatic hydroxyl groups excluding tert-OH is 1. The van der Waals surface area contributed by atoms with Crippen LogP contribution >= 0.6 is 11.6 Å². The molecule has 0 aliphatic carbocycles. The van der Waals surface area contributed by atoms with Gasteiger partial charge in [-0.05, 0) is 18.2 Å². The molecule has 0 aliphatic heterocycles. The number of para-hydroxylation sites is 1. The fourth-order valence-electron chi connectivity index (χ4n) is 1.65. The second kappa shape index (κ2) is 4.73. The van der Waals surface area contributed by atoms with Crippen molar-refractivity contribution in [3.05, 3.63) is 64.4 Å². The lowest BCUT2D eigenvalue weighted by atomic mass is 10.00. The molecule has 0 saturated heterocycles. The van der Waals surface area contributed by atoms with Crippen LogP contribution < -0.4 is 5.73 Å². The molecule has 0 bridgehead atoms. The number of rotatable bonds is 2. The van der Waals surface area contributed by atoms with Crippen molar-refractivity contribution in [3.63, 3.8) is 0 Å². The summed E-state index contributed by atoms with van der Waals surface area (Å²) in [5.74, 6) is -0.548. The summed E-state index contributed by atoms with van der Waals surface area (Å²) in [6.45, 7) is 0. The Morgan fingerprint density at radius 1 is 1.12 bits per heavy atom. The van der Waals surface area contributed by atoms with Crippen molar-refractivity contribution in [3.8, 4) is 0 Å². The van der Waals surface area contributed by atoms with Gasteiger partial charge < -0.3 is 10.8 Å². The van der Waals surface area contributed by atoms with Crippen LogP contribution in [0.1, 0.15) is 17.2 Å². The highest BCUT2D eigenvalue weighted by Crippen LogP contribution is 2.29. The van der Waals surface area contributed by atoms with E-state index in [1.54, 1.807) is 24.3 Å². The van der Waals surface area contributed by atoms with Crippen LogP contribution in [-0.4, -0.2) is 5.11 Å². The molecule has 1 atom stereocenters. The molecular formula is C13H11ClFNO. The second-order valence-electron chi connectivity index (χ2n) is 3.70. The van der Waals surface area contributed by atoms with Gasteiger partial charge in [-0.2, -0.15) is 0 Å². The van der Waals surface area contributed by atoms with Crippen molar-refractivity contribution in [2.75, 3.05) is 5.73 Å².